The molecule has 0 radical (unpaired) electrons. The van der Waals surface area contributed by atoms with Crippen LogP contribution in [0.1, 0.15) is 17.5 Å². The minimum absolute atomic E-state index is 0.0824. The van der Waals surface area contributed by atoms with Crippen LogP contribution < -0.4 is 0 Å². The second-order valence-corrected chi connectivity index (χ2v) is 4.89. The molecule has 0 spiro atoms. The van der Waals surface area contributed by atoms with E-state index in [4.69, 9.17) is 5.11 Å². The molecule has 0 saturated heterocycles. The number of hydrogen-bond acceptors (Lipinski definition) is 1. The van der Waals surface area contributed by atoms with Crippen LogP contribution in [0.5, 0.6) is 0 Å². The monoisotopic (exact) mass is 334 g/mol. The number of hydrogen-bond donors (Lipinski definition) is 1. The van der Waals surface area contributed by atoms with Crippen molar-refractivity contribution in [2.75, 3.05) is 5.33 Å². The van der Waals surface area contributed by atoms with Crippen molar-refractivity contribution < 1.29 is 9.90 Å². The molecule has 4 heteroatoms. The summed E-state index contributed by atoms with van der Waals surface area (Å²) in [6.07, 6.45) is 2.01. The maximum absolute atomic E-state index is 10.7. The molecule has 0 unspecified atom stereocenters. The van der Waals surface area contributed by atoms with Crippen molar-refractivity contribution in [1.82, 2.24) is 0 Å². The van der Waals surface area contributed by atoms with Crippen molar-refractivity contribution in [3.05, 3.63) is 33.8 Å². The standard InChI is InChI=1S/C11H12Br2O2/c12-6-2-4-8-3-1-5-10(13)9(8)7-11(14)15/h1,3,5H,2,4,6-7H2,(H,14,15). The highest BCUT2D eigenvalue weighted by Gasteiger charge is 2.09. The first-order valence-electron chi connectivity index (χ1n) is 4.69. The summed E-state index contributed by atoms with van der Waals surface area (Å²) in [6, 6.07) is 5.82. The SMILES string of the molecule is O=C(O)Cc1c(Br)cccc1CCCBr. The van der Waals surface area contributed by atoms with Gasteiger partial charge < -0.3 is 5.11 Å². The summed E-state index contributed by atoms with van der Waals surface area (Å²) in [5.74, 6) is -0.790. The third kappa shape index (κ3) is 3.95. The summed E-state index contributed by atoms with van der Waals surface area (Å²) >= 11 is 6.77. The molecule has 0 heterocycles. The van der Waals surface area contributed by atoms with Gasteiger partial charge in [-0.15, -0.1) is 0 Å². The van der Waals surface area contributed by atoms with E-state index in [1.165, 1.54) is 0 Å². The third-order valence-corrected chi connectivity index (χ3v) is 3.43. The number of aliphatic carboxylic acids is 1. The van der Waals surface area contributed by atoms with Crippen LogP contribution in [0.4, 0.5) is 0 Å². The first-order valence-corrected chi connectivity index (χ1v) is 6.60. The predicted molar refractivity (Wildman–Crippen MR) is 67.6 cm³/mol. The van der Waals surface area contributed by atoms with Crippen LogP contribution >= 0.6 is 31.9 Å². The van der Waals surface area contributed by atoms with E-state index in [9.17, 15) is 4.79 Å². The molecule has 1 rings (SSSR count). The molecular weight excluding hydrogens is 324 g/mol. The van der Waals surface area contributed by atoms with E-state index in [0.717, 1.165) is 33.8 Å². The summed E-state index contributed by atoms with van der Waals surface area (Å²) in [6.45, 7) is 0. The van der Waals surface area contributed by atoms with Crippen LogP contribution in [-0.2, 0) is 17.6 Å². The molecule has 0 aliphatic rings. The Morgan fingerprint density at radius 1 is 1.40 bits per heavy atom. The highest BCUT2D eigenvalue weighted by Crippen LogP contribution is 2.22. The second kappa shape index (κ2) is 6.28. The lowest BCUT2D eigenvalue weighted by atomic mass is 10.0. The van der Waals surface area contributed by atoms with Gasteiger partial charge in [0.1, 0.15) is 0 Å². The third-order valence-electron chi connectivity index (χ3n) is 2.12. The zero-order chi connectivity index (χ0) is 11.3. The molecule has 0 aliphatic carbocycles. The van der Waals surface area contributed by atoms with Gasteiger partial charge in [-0.05, 0) is 30.0 Å². The fourth-order valence-electron chi connectivity index (χ4n) is 1.44. The van der Waals surface area contributed by atoms with Crippen molar-refractivity contribution in [3.63, 3.8) is 0 Å². The summed E-state index contributed by atoms with van der Waals surface area (Å²) in [5.41, 5.74) is 2.01. The van der Waals surface area contributed by atoms with E-state index in [1.807, 2.05) is 18.2 Å². The Morgan fingerprint density at radius 2 is 2.13 bits per heavy atom. The summed E-state index contributed by atoms with van der Waals surface area (Å²) in [7, 11) is 0. The van der Waals surface area contributed by atoms with Crippen molar-refractivity contribution in [2.45, 2.75) is 19.3 Å². The summed E-state index contributed by atoms with van der Waals surface area (Å²) < 4.78 is 0.886. The van der Waals surface area contributed by atoms with Crippen LogP contribution in [0.15, 0.2) is 22.7 Å². The average molecular weight is 336 g/mol. The quantitative estimate of drug-likeness (QED) is 0.837. The molecule has 1 aromatic carbocycles. The van der Waals surface area contributed by atoms with E-state index in [0.29, 0.717) is 0 Å². The Labute approximate surface area is 106 Å². The molecule has 0 atom stereocenters. The van der Waals surface area contributed by atoms with Gasteiger partial charge in [0.2, 0.25) is 0 Å². The van der Waals surface area contributed by atoms with Crippen molar-refractivity contribution in [1.29, 1.82) is 0 Å². The molecule has 2 nitrogen and oxygen atoms in total. The molecular formula is C11H12Br2O2. The van der Waals surface area contributed by atoms with E-state index >= 15 is 0 Å². The van der Waals surface area contributed by atoms with E-state index in [1.54, 1.807) is 0 Å². The lowest BCUT2D eigenvalue weighted by molar-refractivity contribution is -0.136. The van der Waals surface area contributed by atoms with Crippen LogP contribution in [-0.4, -0.2) is 16.4 Å². The molecule has 1 aromatic rings. The Hall–Kier alpha value is -0.350. The van der Waals surface area contributed by atoms with Gasteiger partial charge in [0.15, 0.2) is 0 Å². The number of carboxylic acids is 1. The van der Waals surface area contributed by atoms with Gasteiger partial charge in [-0.1, -0.05) is 44.0 Å². The van der Waals surface area contributed by atoms with E-state index in [2.05, 4.69) is 31.9 Å². The van der Waals surface area contributed by atoms with Gasteiger partial charge in [0.05, 0.1) is 6.42 Å². The normalized spacial score (nSPS) is 10.3. The molecule has 0 amide bonds. The highest BCUT2D eigenvalue weighted by atomic mass is 79.9. The number of benzene rings is 1. The first kappa shape index (κ1) is 12.7. The lowest BCUT2D eigenvalue weighted by Crippen LogP contribution is -2.05. The second-order valence-electron chi connectivity index (χ2n) is 3.24. The van der Waals surface area contributed by atoms with Crippen molar-refractivity contribution >= 4 is 37.8 Å². The number of carboxylic acid groups (broad SMARTS) is 1. The maximum Gasteiger partial charge on any atom is 0.307 e. The average Bonchev–Trinajstić information content (AvgIpc) is 2.18. The fourth-order valence-corrected chi connectivity index (χ4v) is 2.27. The van der Waals surface area contributed by atoms with Gasteiger partial charge in [0.25, 0.3) is 0 Å². The molecule has 82 valence electrons. The zero-order valence-electron chi connectivity index (χ0n) is 8.17. The van der Waals surface area contributed by atoms with Gasteiger partial charge in [0, 0.05) is 9.80 Å². The van der Waals surface area contributed by atoms with E-state index < -0.39 is 5.97 Å². The molecule has 1 N–H and O–H groups in total. The smallest absolute Gasteiger partial charge is 0.307 e. The predicted octanol–water partition coefficient (Wildman–Crippen LogP) is 3.40. The number of alkyl halides is 1. The summed E-state index contributed by atoms with van der Waals surface area (Å²) in [4.78, 5) is 10.7. The molecule has 15 heavy (non-hydrogen) atoms. The molecule has 0 aromatic heterocycles. The van der Waals surface area contributed by atoms with Gasteiger partial charge in [-0.25, -0.2) is 0 Å². The van der Waals surface area contributed by atoms with Crippen molar-refractivity contribution in [2.24, 2.45) is 0 Å². The summed E-state index contributed by atoms with van der Waals surface area (Å²) in [5, 5.41) is 9.75. The topological polar surface area (TPSA) is 37.3 Å². The van der Waals surface area contributed by atoms with Crippen LogP contribution in [0.3, 0.4) is 0 Å². The van der Waals surface area contributed by atoms with Gasteiger partial charge >= 0.3 is 5.97 Å². The van der Waals surface area contributed by atoms with Crippen LogP contribution in [0, 0.1) is 0 Å². The Kier molecular flexibility index (Phi) is 5.32. The molecule has 0 saturated carbocycles. The van der Waals surface area contributed by atoms with E-state index in [-0.39, 0.29) is 6.42 Å². The minimum Gasteiger partial charge on any atom is -0.481 e. The molecule has 0 aliphatic heterocycles. The Bertz CT molecular complexity index is 350. The highest BCUT2D eigenvalue weighted by molar-refractivity contribution is 9.10. The number of aryl methyl sites for hydroxylation is 1. The van der Waals surface area contributed by atoms with Crippen molar-refractivity contribution in [3.8, 4) is 0 Å². The molecule has 0 fully saturated rings. The number of carbonyl (C=O) groups is 1. The van der Waals surface area contributed by atoms with Gasteiger partial charge in [-0.3, -0.25) is 4.79 Å². The Balaban J connectivity index is 2.92. The first-order chi connectivity index (χ1) is 7.15. The van der Waals surface area contributed by atoms with Crippen LogP contribution in [0.2, 0.25) is 0 Å². The number of halogens is 2. The minimum atomic E-state index is -0.790. The lowest BCUT2D eigenvalue weighted by Gasteiger charge is -2.09. The molecule has 0 bridgehead atoms. The number of rotatable bonds is 5. The fraction of sp³-hybridized carbons (Fsp3) is 0.364. The zero-order valence-corrected chi connectivity index (χ0v) is 11.3. The van der Waals surface area contributed by atoms with Gasteiger partial charge in [-0.2, -0.15) is 0 Å². The Morgan fingerprint density at radius 3 is 2.73 bits per heavy atom. The maximum atomic E-state index is 10.7. The largest absolute Gasteiger partial charge is 0.481 e. The van der Waals surface area contributed by atoms with Crippen LogP contribution in [0.25, 0.3) is 0 Å².